The molecule has 0 aliphatic heterocycles. The van der Waals surface area contributed by atoms with Crippen molar-refractivity contribution in [1.29, 1.82) is 0 Å². The highest BCUT2D eigenvalue weighted by Gasteiger charge is 2.10. The molecule has 0 aliphatic rings. The van der Waals surface area contributed by atoms with Gasteiger partial charge < -0.3 is 10.6 Å². The molecule has 5 nitrogen and oxygen atoms in total. The Morgan fingerprint density at radius 2 is 1.91 bits per heavy atom. The van der Waals surface area contributed by atoms with Gasteiger partial charge in [0.15, 0.2) is 5.78 Å². The highest BCUT2D eigenvalue weighted by Crippen LogP contribution is 2.12. The first kappa shape index (κ1) is 16.9. The van der Waals surface area contributed by atoms with Gasteiger partial charge in [0.1, 0.15) is 0 Å². The van der Waals surface area contributed by atoms with Crippen LogP contribution in [-0.4, -0.2) is 24.6 Å². The number of benzene rings is 1. The summed E-state index contributed by atoms with van der Waals surface area (Å²) in [4.78, 5) is 35.9. The Balaban J connectivity index is 1.80. The zero-order valence-corrected chi connectivity index (χ0v) is 13.6. The average molecular weight is 330 g/mol. The molecular weight excluding hydrogens is 312 g/mol. The lowest BCUT2D eigenvalue weighted by Gasteiger charge is -2.07. The minimum atomic E-state index is -0.180. The summed E-state index contributed by atoms with van der Waals surface area (Å²) in [5.74, 6) is -0.364. The van der Waals surface area contributed by atoms with Crippen molar-refractivity contribution in [3.8, 4) is 0 Å². The largest absolute Gasteiger partial charge is 0.355 e. The first-order valence-electron chi connectivity index (χ1n) is 7.24. The maximum atomic E-state index is 11.8. The summed E-state index contributed by atoms with van der Waals surface area (Å²) in [6.07, 6.45) is 0.358. The van der Waals surface area contributed by atoms with Crippen molar-refractivity contribution >= 4 is 28.9 Å². The van der Waals surface area contributed by atoms with Gasteiger partial charge in [-0.15, -0.1) is 11.3 Å². The van der Waals surface area contributed by atoms with E-state index in [0.717, 1.165) is 5.56 Å². The van der Waals surface area contributed by atoms with Crippen molar-refractivity contribution in [3.05, 3.63) is 57.8 Å². The van der Waals surface area contributed by atoms with Gasteiger partial charge in [-0.1, -0.05) is 18.2 Å². The van der Waals surface area contributed by atoms with Crippen LogP contribution in [0.15, 0.2) is 41.8 Å². The van der Waals surface area contributed by atoms with Gasteiger partial charge >= 0.3 is 0 Å². The molecule has 0 spiro atoms. The van der Waals surface area contributed by atoms with E-state index in [4.69, 9.17) is 0 Å². The van der Waals surface area contributed by atoms with Gasteiger partial charge in [-0.25, -0.2) is 0 Å². The predicted molar refractivity (Wildman–Crippen MR) is 89.6 cm³/mol. The van der Waals surface area contributed by atoms with Gasteiger partial charge in [-0.3, -0.25) is 14.4 Å². The number of thiophene rings is 1. The topological polar surface area (TPSA) is 75.3 Å². The van der Waals surface area contributed by atoms with Gasteiger partial charge in [0.05, 0.1) is 4.88 Å². The lowest BCUT2D eigenvalue weighted by molar-refractivity contribution is -0.121. The molecule has 0 atom stereocenters. The van der Waals surface area contributed by atoms with Crippen LogP contribution >= 0.6 is 11.3 Å². The van der Waals surface area contributed by atoms with E-state index >= 15 is 0 Å². The highest BCUT2D eigenvalue weighted by molar-refractivity contribution is 7.12. The second-order valence-corrected chi connectivity index (χ2v) is 5.90. The zero-order chi connectivity index (χ0) is 16.7. The van der Waals surface area contributed by atoms with E-state index in [0.29, 0.717) is 17.0 Å². The molecule has 23 heavy (non-hydrogen) atoms. The highest BCUT2D eigenvalue weighted by atomic mass is 32.1. The van der Waals surface area contributed by atoms with Crippen LogP contribution in [0, 0.1) is 0 Å². The fraction of sp³-hybridized carbons (Fsp3) is 0.235. The van der Waals surface area contributed by atoms with Crippen LogP contribution < -0.4 is 10.6 Å². The molecule has 0 saturated heterocycles. The van der Waals surface area contributed by atoms with Crippen molar-refractivity contribution in [1.82, 2.24) is 10.6 Å². The smallest absolute Gasteiger partial charge is 0.251 e. The van der Waals surface area contributed by atoms with Crippen LogP contribution in [0.5, 0.6) is 0 Å². The third-order valence-corrected chi connectivity index (χ3v) is 4.19. The SMILES string of the molecule is CNC(=O)c1cccc(CNC(=O)CCC(=O)c2cccs2)c1. The Hall–Kier alpha value is -2.47. The number of carbonyl (C=O) groups is 3. The number of carbonyl (C=O) groups excluding carboxylic acids is 3. The Labute approximate surface area is 138 Å². The summed E-state index contributed by atoms with van der Waals surface area (Å²) in [7, 11) is 1.57. The van der Waals surface area contributed by atoms with E-state index in [2.05, 4.69) is 10.6 Å². The molecular formula is C17H18N2O3S. The lowest BCUT2D eigenvalue weighted by Crippen LogP contribution is -2.23. The van der Waals surface area contributed by atoms with Crippen molar-refractivity contribution < 1.29 is 14.4 Å². The van der Waals surface area contributed by atoms with Crippen molar-refractivity contribution in [2.75, 3.05) is 7.05 Å². The standard InChI is InChI=1S/C17H18N2O3S/c1-18-17(22)13-5-2-4-12(10-13)11-19-16(21)8-7-14(20)15-6-3-9-23-15/h2-6,9-10H,7-8,11H2,1H3,(H,18,22)(H,19,21). The fourth-order valence-corrected chi connectivity index (χ4v) is 2.74. The number of amides is 2. The van der Waals surface area contributed by atoms with E-state index in [-0.39, 0.29) is 30.4 Å². The van der Waals surface area contributed by atoms with Crippen LogP contribution in [0.4, 0.5) is 0 Å². The molecule has 0 aliphatic carbocycles. The van der Waals surface area contributed by atoms with E-state index < -0.39 is 0 Å². The molecule has 0 unspecified atom stereocenters. The number of ketones is 1. The molecule has 1 aromatic carbocycles. The quantitative estimate of drug-likeness (QED) is 0.766. The molecule has 120 valence electrons. The van der Waals surface area contributed by atoms with Gasteiger partial charge in [0, 0.05) is 32.0 Å². The third-order valence-electron chi connectivity index (χ3n) is 3.28. The summed E-state index contributed by atoms with van der Waals surface area (Å²) in [5, 5.41) is 7.16. The van der Waals surface area contributed by atoms with Crippen molar-refractivity contribution in [2.45, 2.75) is 19.4 Å². The Kier molecular flexibility index (Phi) is 6.05. The predicted octanol–water partition coefficient (Wildman–Crippen LogP) is 2.39. The molecule has 6 heteroatoms. The van der Waals surface area contributed by atoms with Gasteiger partial charge in [0.2, 0.25) is 5.91 Å². The maximum absolute atomic E-state index is 11.8. The maximum Gasteiger partial charge on any atom is 0.251 e. The number of hydrogen-bond acceptors (Lipinski definition) is 4. The minimum Gasteiger partial charge on any atom is -0.355 e. The molecule has 0 saturated carbocycles. The number of nitrogens with one attached hydrogen (secondary N) is 2. The Morgan fingerprint density at radius 1 is 1.09 bits per heavy atom. The summed E-state index contributed by atoms with van der Waals surface area (Å²) in [6.45, 7) is 0.330. The molecule has 0 radical (unpaired) electrons. The van der Waals surface area contributed by atoms with Gasteiger partial charge in [-0.2, -0.15) is 0 Å². The molecule has 2 rings (SSSR count). The number of rotatable bonds is 7. The van der Waals surface area contributed by atoms with E-state index in [9.17, 15) is 14.4 Å². The van der Waals surface area contributed by atoms with Crippen LogP contribution in [0.25, 0.3) is 0 Å². The van der Waals surface area contributed by atoms with Gasteiger partial charge in [0.25, 0.3) is 5.91 Å². The first-order valence-corrected chi connectivity index (χ1v) is 8.12. The second-order valence-electron chi connectivity index (χ2n) is 4.96. The average Bonchev–Trinajstić information content (AvgIpc) is 3.12. The fourth-order valence-electron chi connectivity index (χ4n) is 2.04. The van der Waals surface area contributed by atoms with E-state index in [1.165, 1.54) is 11.3 Å². The lowest BCUT2D eigenvalue weighted by atomic mass is 10.1. The monoisotopic (exact) mass is 330 g/mol. The molecule has 1 aromatic heterocycles. The summed E-state index contributed by atoms with van der Waals surface area (Å²) in [5.41, 5.74) is 1.39. The zero-order valence-electron chi connectivity index (χ0n) is 12.8. The molecule has 1 heterocycles. The molecule has 2 aromatic rings. The molecule has 2 amide bonds. The van der Waals surface area contributed by atoms with Crippen LogP contribution in [-0.2, 0) is 11.3 Å². The van der Waals surface area contributed by atoms with Crippen molar-refractivity contribution in [2.24, 2.45) is 0 Å². The van der Waals surface area contributed by atoms with E-state index in [1.54, 1.807) is 31.3 Å². The van der Waals surface area contributed by atoms with Crippen LogP contribution in [0.1, 0.15) is 38.4 Å². The van der Waals surface area contributed by atoms with Crippen molar-refractivity contribution in [3.63, 3.8) is 0 Å². The normalized spacial score (nSPS) is 10.1. The molecule has 0 fully saturated rings. The van der Waals surface area contributed by atoms with Crippen LogP contribution in [0.2, 0.25) is 0 Å². The Morgan fingerprint density at radius 3 is 2.61 bits per heavy atom. The van der Waals surface area contributed by atoms with Crippen LogP contribution in [0.3, 0.4) is 0 Å². The van der Waals surface area contributed by atoms with Gasteiger partial charge in [-0.05, 0) is 29.1 Å². The number of Topliss-reactive ketones (excluding diaryl/α,β-unsaturated/α-hetero) is 1. The Bertz CT molecular complexity index is 696. The summed E-state index contributed by atoms with van der Waals surface area (Å²) < 4.78 is 0. The third kappa shape index (κ3) is 5.03. The number of hydrogen-bond donors (Lipinski definition) is 2. The molecule has 2 N–H and O–H groups in total. The minimum absolute atomic E-state index is 0.0169. The summed E-state index contributed by atoms with van der Waals surface area (Å²) in [6, 6.07) is 10.6. The van der Waals surface area contributed by atoms with E-state index in [1.807, 2.05) is 17.5 Å². The second kappa shape index (κ2) is 8.24. The molecule has 0 bridgehead atoms. The first-order chi connectivity index (χ1) is 11.1. The summed E-state index contributed by atoms with van der Waals surface area (Å²) >= 11 is 1.38.